The number of nitrogens with zero attached hydrogens (tertiary/aromatic N) is 3. The highest BCUT2D eigenvalue weighted by Gasteiger charge is 2.33. The average Bonchev–Trinajstić information content (AvgIpc) is 3.21. The number of carboxylic acids is 1. The molecule has 1 aliphatic carbocycles. The molecule has 3 aromatic heterocycles. The van der Waals surface area contributed by atoms with Crippen LogP contribution in [0.3, 0.4) is 0 Å². The van der Waals surface area contributed by atoms with Crippen molar-refractivity contribution in [3.8, 4) is 0 Å². The molecule has 37 heavy (non-hydrogen) atoms. The number of anilines is 2. The monoisotopic (exact) mass is 527 g/mol. The Morgan fingerprint density at radius 3 is 2.35 bits per heavy atom. The molecule has 0 radical (unpaired) electrons. The summed E-state index contributed by atoms with van der Waals surface area (Å²) in [5.41, 5.74) is 0.273. The number of carboxylic acid groups (broad SMARTS) is 1. The molecule has 0 spiro atoms. The summed E-state index contributed by atoms with van der Waals surface area (Å²) in [6, 6.07) is 4.50. The van der Waals surface area contributed by atoms with Crippen molar-refractivity contribution in [3.63, 3.8) is 0 Å². The van der Waals surface area contributed by atoms with Gasteiger partial charge in [-0.3, -0.25) is 14.4 Å². The summed E-state index contributed by atoms with van der Waals surface area (Å²) in [7, 11) is 3.41. The fourth-order valence-electron chi connectivity index (χ4n) is 4.42. The number of rotatable bonds is 6. The molecule has 194 valence electrons. The van der Waals surface area contributed by atoms with E-state index in [1.165, 1.54) is 18.3 Å². The minimum absolute atomic E-state index is 0.0274. The Balaban J connectivity index is 1.64. The second-order valence-electron chi connectivity index (χ2n) is 9.20. The molecule has 4 rings (SSSR count). The summed E-state index contributed by atoms with van der Waals surface area (Å²) < 4.78 is 5.75. The molecule has 0 aromatic carbocycles. The Bertz CT molecular complexity index is 1380. The van der Waals surface area contributed by atoms with Crippen molar-refractivity contribution in [2.24, 2.45) is 11.8 Å². The molecule has 1 aliphatic rings. The van der Waals surface area contributed by atoms with Crippen LogP contribution in [0.5, 0.6) is 0 Å². The van der Waals surface area contributed by atoms with Gasteiger partial charge >= 0.3 is 5.97 Å². The normalized spacial score (nSPS) is 17.3. The topological polar surface area (TPSA) is 155 Å². The van der Waals surface area contributed by atoms with Crippen LogP contribution in [0, 0.1) is 18.8 Å². The molecule has 12 heteroatoms. The predicted octanol–water partition coefficient (Wildman–Crippen LogP) is 3.97. The summed E-state index contributed by atoms with van der Waals surface area (Å²) in [6.45, 7) is 1.56. The minimum atomic E-state index is -1.25. The van der Waals surface area contributed by atoms with Gasteiger partial charge in [0.25, 0.3) is 5.91 Å². The number of hydrogen-bond donors (Lipinski definition) is 3. The van der Waals surface area contributed by atoms with E-state index in [4.69, 9.17) is 16.0 Å². The van der Waals surface area contributed by atoms with Gasteiger partial charge in [0.05, 0.1) is 5.02 Å². The maximum absolute atomic E-state index is 13.2. The van der Waals surface area contributed by atoms with E-state index in [0.717, 1.165) is 0 Å². The van der Waals surface area contributed by atoms with Gasteiger partial charge in [0.15, 0.2) is 11.3 Å². The summed E-state index contributed by atoms with van der Waals surface area (Å²) in [5.74, 6) is -2.86. The van der Waals surface area contributed by atoms with Gasteiger partial charge in [-0.15, -0.1) is 0 Å². The second-order valence-corrected chi connectivity index (χ2v) is 9.63. The number of nitrogens with one attached hydrogen (secondary N) is 2. The van der Waals surface area contributed by atoms with E-state index in [-0.39, 0.29) is 51.8 Å². The molecule has 1 saturated carbocycles. The first-order valence-electron chi connectivity index (χ1n) is 11.7. The van der Waals surface area contributed by atoms with E-state index in [2.05, 4.69) is 20.6 Å². The van der Waals surface area contributed by atoms with Crippen molar-refractivity contribution in [2.75, 3.05) is 24.7 Å². The van der Waals surface area contributed by atoms with E-state index in [9.17, 15) is 24.3 Å². The van der Waals surface area contributed by atoms with Crippen molar-refractivity contribution in [3.05, 3.63) is 46.4 Å². The first-order chi connectivity index (χ1) is 17.5. The number of aryl methyl sites for hydroxylation is 1. The number of halogens is 1. The fraction of sp³-hybridized carbons (Fsp3) is 0.360. The standard InChI is InChI=1S/C25H26ClN5O6/c1-12-10-16-19(29-18(12)25(35)36)20(21(37-16)23(33)28-17-9-8-15(26)11-27-17)30-22(32)13-4-6-14(7-5-13)24(34)31(2)3/h8-11,13-14H,4-7H2,1-3H3,(H,30,32)(H,35,36)(H,27,28,33). The van der Waals surface area contributed by atoms with Crippen LogP contribution >= 0.6 is 11.6 Å². The van der Waals surface area contributed by atoms with E-state index in [0.29, 0.717) is 36.3 Å². The maximum Gasteiger partial charge on any atom is 0.354 e. The molecule has 3 heterocycles. The van der Waals surface area contributed by atoms with Gasteiger partial charge in [-0.25, -0.2) is 14.8 Å². The molecule has 0 unspecified atom stereocenters. The lowest BCUT2D eigenvalue weighted by atomic mass is 9.81. The molecule has 0 atom stereocenters. The molecule has 3 amide bonds. The number of aromatic carboxylic acids is 1. The molecule has 11 nitrogen and oxygen atoms in total. The number of carbonyl (C=O) groups excluding carboxylic acids is 3. The Kier molecular flexibility index (Phi) is 7.44. The lowest BCUT2D eigenvalue weighted by Crippen LogP contribution is -2.35. The van der Waals surface area contributed by atoms with Gasteiger partial charge < -0.3 is 25.1 Å². The predicted molar refractivity (Wildman–Crippen MR) is 136 cm³/mol. The van der Waals surface area contributed by atoms with E-state index in [1.54, 1.807) is 32.0 Å². The Morgan fingerprint density at radius 2 is 1.76 bits per heavy atom. The highest BCUT2D eigenvalue weighted by molar-refractivity contribution is 6.30. The number of pyridine rings is 2. The summed E-state index contributed by atoms with van der Waals surface area (Å²) in [6.07, 6.45) is 3.48. The van der Waals surface area contributed by atoms with Crippen molar-refractivity contribution in [2.45, 2.75) is 32.6 Å². The van der Waals surface area contributed by atoms with Crippen LogP contribution in [0.15, 0.2) is 28.8 Å². The van der Waals surface area contributed by atoms with Gasteiger partial charge in [0, 0.05) is 32.1 Å². The van der Waals surface area contributed by atoms with E-state index >= 15 is 0 Å². The van der Waals surface area contributed by atoms with Gasteiger partial charge in [-0.05, 0) is 56.4 Å². The largest absolute Gasteiger partial charge is 0.477 e. The zero-order valence-corrected chi connectivity index (χ0v) is 21.3. The number of aromatic nitrogens is 2. The Hall–Kier alpha value is -3.99. The lowest BCUT2D eigenvalue weighted by molar-refractivity contribution is -0.135. The molecule has 3 aromatic rings. The van der Waals surface area contributed by atoms with Crippen LogP contribution < -0.4 is 10.6 Å². The SMILES string of the molecule is Cc1cc2oc(C(=O)Nc3ccc(Cl)cn3)c(NC(=O)C3CCC(C(=O)N(C)C)CC3)c2nc1C(=O)O. The molecular formula is C25H26ClN5O6. The quantitative estimate of drug-likeness (QED) is 0.435. The number of hydrogen-bond acceptors (Lipinski definition) is 7. The van der Waals surface area contributed by atoms with Crippen LogP contribution in [0.2, 0.25) is 5.02 Å². The van der Waals surface area contributed by atoms with Gasteiger partial charge in [-0.1, -0.05) is 11.6 Å². The summed E-state index contributed by atoms with van der Waals surface area (Å²) in [4.78, 5) is 60.1. The Labute approximate surface area is 217 Å². The molecule has 0 saturated heterocycles. The third kappa shape index (κ3) is 5.56. The van der Waals surface area contributed by atoms with Crippen molar-refractivity contribution in [1.82, 2.24) is 14.9 Å². The summed E-state index contributed by atoms with van der Waals surface area (Å²) >= 11 is 5.85. The Morgan fingerprint density at radius 1 is 1.08 bits per heavy atom. The van der Waals surface area contributed by atoms with Gasteiger partial charge in [-0.2, -0.15) is 0 Å². The van der Waals surface area contributed by atoms with Crippen molar-refractivity contribution < 1.29 is 28.7 Å². The van der Waals surface area contributed by atoms with Crippen LogP contribution in [0.1, 0.15) is 52.3 Å². The maximum atomic E-state index is 13.2. The van der Waals surface area contributed by atoms with Crippen LogP contribution in [0.4, 0.5) is 11.5 Å². The van der Waals surface area contributed by atoms with Crippen molar-refractivity contribution >= 4 is 57.9 Å². The van der Waals surface area contributed by atoms with E-state index < -0.39 is 17.8 Å². The van der Waals surface area contributed by atoms with Crippen LogP contribution in [0.25, 0.3) is 11.1 Å². The number of fused-ring (bicyclic) bond motifs is 1. The number of amides is 3. The number of carbonyl (C=O) groups is 4. The molecule has 3 N–H and O–H groups in total. The van der Waals surface area contributed by atoms with Gasteiger partial charge in [0.2, 0.25) is 17.6 Å². The lowest BCUT2D eigenvalue weighted by Gasteiger charge is -2.28. The molecule has 1 fully saturated rings. The summed E-state index contributed by atoms with van der Waals surface area (Å²) in [5, 5.41) is 15.2. The first-order valence-corrected chi connectivity index (χ1v) is 12.0. The first kappa shape index (κ1) is 26.1. The number of furan rings is 1. The molecule has 0 aliphatic heterocycles. The van der Waals surface area contributed by atoms with Crippen molar-refractivity contribution in [1.29, 1.82) is 0 Å². The van der Waals surface area contributed by atoms with Crippen LogP contribution in [-0.2, 0) is 9.59 Å². The fourth-order valence-corrected chi connectivity index (χ4v) is 4.53. The third-order valence-electron chi connectivity index (χ3n) is 6.37. The highest BCUT2D eigenvalue weighted by Crippen LogP contribution is 2.35. The average molecular weight is 528 g/mol. The molecule has 0 bridgehead atoms. The zero-order valence-electron chi connectivity index (χ0n) is 20.5. The molecular weight excluding hydrogens is 502 g/mol. The zero-order chi connectivity index (χ0) is 26.9. The van der Waals surface area contributed by atoms with Gasteiger partial charge in [0.1, 0.15) is 17.0 Å². The van der Waals surface area contributed by atoms with Crippen LogP contribution in [-0.4, -0.2) is 57.8 Å². The smallest absolute Gasteiger partial charge is 0.354 e. The second kappa shape index (κ2) is 10.6. The minimum Gasteiger partial charge on any atom is -0.477 e. The highest BCUT2D eigenvalue weighted by atomic mass is 35.5. The third-order valence-corrected chi connectivity index (χ3v) is 6.59. The van der Waals surface area contributed by atoms with E-state index in [1.807, 2.05) is 0 Å².